The third kappa shape index (κ3) is 1.71. The van der Waals surface area contributed by atoms with Crippen molar-refractivity contribution in [2.75, 3.05) is 0 Å². The van der Waals surface area contributed by atoms with Gasteiger partial charge < -0.3 is 0 Å². The summed E-state index contributed by atoms with van der Waals surface area (Å²) in [5.74, 6) is -0.297. The van der Waals surface area contributed by atoms with Crippen LogP contribution in [-0.4, -0.2) is 33.3 Å². The Morgan fingerprint density at radius 2 is 1.36 bits per heavy atom. The highest BCUT2D eigenvalue weighted by Gasteiger charge is 2.38. The molecule has 2 heterocycles. The molecule has 2 aliphatic heterocycles. The number of hydrogen-bond acceptors (Lipinski definition) is 6. The van der Waals surface area contributed by atoms with Crippen LogP contribution in [0.1, 0.15) is 20.7 Å². The SMILES string of the molecule is O=C1C2=NC(=C3C=CN(O)C=C3)N=C2C(=O)c2ccccc21. The monoisotopic (exact) mass is 291 g/mol. The van der Waals surface area contributed by atoms with Gasteiger partial charge in [-0.3, -0.25) is 14.8 Å². The fraction of sp³-hybridized carbons (Fsp3) is 0. The molecule has 0 radical (unpaired) electrons. The number of ketones is 2. The molecule has 1 N–H and O–H groups in total. The van der Waals surface area contributed by atoms with Crippen molar-refractivity contribution in [3.63, 3.8) is 0 Å². The first kappa shape index (κ1) is 12.6. The second-order valence-electron chi connectivity index (χ2n) is 4.92. The molecule has 3 aliphatic rings. The summed E-state index contributed by atoms with van der Waals surface area (Å²) in [7, 11) is 0. The van der Waals surface area contributed by atoms with E-state index in [0.29, 0.717) is 22.5 Å². The summed E-state index contributed by atoms with van der Waals surface area (Å²) in [6.45, 7) is 0. The van der Waals surface area contributed by atoms with Gasteiger partial charge >= 0.3 is 0 Å². The molecule has 0 bridgehead atoms. The average Bonchev–Trinajstić information content (AvgIpc) is 2.99. The van der Waals surface area contributed by atoms with Gasteiger partial charge in [0.05, 0.1) is 0 Å². The van der Waals surface area contributed by atoms with Crippen molar-refractivity contribution in [2.45, 2.75) is 0 Å². The Balaban J connectivity index is 1.87. The summed E-state index contributed by atoms with van der Waals surface area (Å²) < 4.78 is 0. The van der Waals surface area contributed by atoms with Crippen molar-refractivity contribution in [1.82, 2.24) is 5.06 Å². The number of Topliss-reactive ketones (excluding diaryl/α,β-unsaturated/α-hetero) is 2. The molecule has 6 heteroatoms. The van der Waals surface area contributed by atoms with Gasteiger partial charge in [0.15, 0.2) is 5.82 Å². The lowest BCUT2D eigenvalue weighted by Crippen LogP contribution is -2.35. The normalized spacial score (nSPS) is 19.2. The zero-order chi connectivity index (χ0) is 15.3. The van der Waals surface area contributed by atoms with Gasteiger partial charge in [0.25, 0.3) is 0 Å². The van der Waals surface area contributed by atoms with Gasteiger partial charge in [-0.05, 0) is 12.2 Å². The van der Waals surface area contributed by atoms with Gasteiger partial charge in [-0.1, -0.05) is 24.3 Å². The number of hydroxylamine groups is 2. The van der Waals surface area contributed by atoms with Crippen LogP contribution in [0.5, 0.6) is 0 Å². The van der Waals surface area contributed by atoms with E-state index in [1.165, 1.54) is 12.4 Å². The van der Waals surface area contributed by atoms with Gasteiger partial charge in [0, 0.05) is 29.1 Å². The van der Waals surface area contributed by atoms with Gasteiger partial charge in [0.2, 0.25) is 11.6 Å². The van der Waals surface area contributed by atoms with E-state index >= 15 is 0 Å². The Bertz CT molecular complexity index is 819. The Kier molecular flexibility index (Phi) is 2.54. The van der Waals surface area contributed by atoms with Crippen LogP contribution in [0.25, 0.3) is 0 Å². The second kappa shape index (κ2) is 4.44. The maximum Gasteiger partial charge on any atom is 0.214 e. The number of carbonyl (C=O) groups is 2. The molecule has 0 fully saturated rings. The second-order valence-corrected chi connectivity index (χ2v) is 4.92. The zero-order valence-electron chi connectivity index (χ0n) is 11.2. The Hall–Kier alpha value is -3.12. The summed E-state index contributed by atoms with van der Waals surface area (Å²) in [6, 6.07) is 6.65. The number of rotatable bonds is 0. The summed E-state index contributed by atoms with van der Waals surface area (Å²) in [5.41, 5.74) is 1.49. The Morgan fingerprint density at radius 3 is 1.86 bits per heavy atom. The first-order chi connectivity index (χ1) is 10.6. The lowest BCUT2D eigenvalue weighted by Gasteiger charge is -2.13. The smallest absolute Gasteiger partial charge is 0.214 e. The molecule has 0 amide bonds. The van der Waals surface area contributed by atoms with Crippen LogP contribution in [-0.2, 0) is 0 Å². The average molecular weight is 291 g/mol. The minimum Gasteiger partial charge on any atom is -0.287 e. The molecule has 1 aromatic carbocycles. The van der Waals surface area contributed by atoms with E-state index in [-0.39, 0.29) is 23.0 Å². The van der Waals surface area contributed by atoms with E-state index in [9.17, 15) is 14.8 Å². The first-order valence-electron chi connectivity index (χ1n) is 6.59. The third-order valence-electron chi connectivity index (χ3n) is 3.58. The van der Waals surface area contributed by atoms with Gasteiger partial charge in [0.1, 0.15) is 11.4 Å². The van der Waals surface area contributed by atoms with E-state index in [4.69, 9.17) is 0 Å². The molecule has 0 unspecified atom stereocenters. The van der Waals surface area contributed by atoms with E-state index < -0.39 is 0 Å². The Morgan fingerprint density at radius 1 is 0.864 bits per heavy atom. The summed E-state index contributed by atoms with van der Waals surface area (Å²) in [5, 5.41) is 10.1. The number of carbonyl (C=O) groups excluding carboxylic acids is 2. The maximum absolute atomic E-state index is 12.5. The molecule has 0 saturated heterocycles. The van der Waals surface area contributed by atoms with Crippen molar-refractivity contribution in [1.29, 1.82) is 0 Å². The van der Waals surface area contributed by atoms with Gasteiger partial charge in [-0.25, -0.2) is 15.0 Å². The van der Waals surface area contributed by atoms with Crippen LogP contribution < -0.4 is 0 Å². The van der Waals surface area contributed by atoms with Crippen LogP contribution in [0.4, 0.5) is 0 Å². The minimum atomic E-state index is -0.294. The highest BCUT2D eigenvalue weighted by molar-refractivity contribution is 6.88. The molecule has 0 atom stereocenters. The highest BCUT2D eigenvalue weighted by Crippen LogP contribution is 2.26. The molecule has 0 saturated carbocycles. The molecule has 0 spiro atoms. The molecule has 0 aromatic heterocycles. The van der Waals surface area contributed by atoms with Crippen LogP contribution in [0.3, 0.4) is 0 Å². The Labute approximate surface area is 125 Å². The summed E-state index contributed by atoms with van der Waals surface area (Å²) in [4.78, 5) is 33.3. The molecular weight excluding hydrogens is 282 g/mol. The number of aliphatic imine (C=N–C) groups is 2. The number of hydrogen-bond donors (Lipinski definition) is 1. The molecule has 22 heavy (non-hydrogen) atoms. The number of benzene rings is 1. The molecule has 6 nitrogen and oxygen atoms in total. The molecule has 4 rings (SSSR count). The number of allylic oxidation sites excluding steroid dienone is 3. The highest BCUT2D eigenvalue weighted by atomic mass is 16.5. The predicted molar refractivity (Wildman–Crippen MR) is 78.9 cm³/mol. The lowest BCUT2D eigenvalue weighted by molar-refractivity contribution is 0.0105. The predicted octanol–water partition coefficient (Wildman–Crippen LogP) is 1.91. The van der Waals surface area contributed by atoms with Crippen LogP contribution in [0.2, 0.25) is 0 Å². The topological polar surface area (TPSA) is 82.3 Å². The van der Waals surface area contributed by atoms with Crippen LogP contribution >= 0.6 is 0 Å². The van der Waals surface area contributed by atoms with Crippen molar-refractivity contribution < 1.29 is 14.8 Å². The fourth-order valence-corrected chi connectivity index (χ4v) is 2.49. The minimum absolute atomic E-state index is 0.0828. The van der Waals surface area contributed by atoms with E-state index in [0.717, 1.165) is 5.06 Å². The molecular formula is C16H9N3O3. The largest absolute Gasteiger partial charge is 0.287 e. The summed E-state index contributed by atoms with van der Waals surface area (Å²) in [6.07, 6.45) is 6.04. The number of fused-ring (bicyclic) bond motifs is 2. The van der Waals surface area contributed by atoms with Crippen molar-refractivity contribution in [3.8, 4) is 0 Å². The van der Waals surface area contributed by atoms with Gasteiger partial charge in [-0.15, -0.1) is 0 Å². The van der Waals surface area contributed by atoms with E-state index in [2.05, 4.69) is 9.98 Å². The number of nitrogens with zero attached hydrogens (tertiary/aromatic N) is 3. The standard InChI is InChI=1S/C16H9N3O3/c20-14-10-3-1-2-4-11(10)15(21)13-12(14)17-16(18-13)9-5-7-19(22)8-6-9/h1-8,22H. The quantitative estimate of drug-likeness (QED) is 0.791. The van der Waals surface area contributed by atoms with Gasteiger partial charge in [-0.2, -0.15) is 0 Å². The van der Waals surface area contributed by atoms with Crippen molar-refractivity contribution >= 4 is 23.0 Å². The third-order valence-corrected chi connectivity index (χ3v) is 3.58. The van der Waals surface area contributed by atoms with Crippen molar-refractivity contribution in [2.24, 2.45) is 9.98 Å². The van der Waals surface area contributed by atoms with Crippen LogP contribution in [0, 0.1) is 0 Å². The molecule has 106 valence electrons. The first-order valence-corrected chi connectivity index (χ1v) is 6.59. The maximum atomic E-state index is 12.5. The fourth-order valence-electron chi connectivity index (χ4n) is 2.49. The zero-order valence-corrected chi connectivity index (χ0v) is 11.2. The van der Waals surface area contributed by atoms with E-state index in [1.807, 2.05) is 0 Å². The molecule has 1 aromatic rings. The summed E-state index contributed by atoms with van der Waals surface area (Å²) >= 11 is 0. The van der Waals surface area contributed by atoms with E-state index in [1.54, 1.807) is 36.4 Å². The van der Waals surface area contributed by atoms with Crippen LogP contribution in [0.15, 0.2) is 70.2 Å². The lowest BCUT2D eigenvalue weighted by atomic mass is 9.87. The van der Waals surface area contributed by atoms with Crippen molar-refractivity contribution in [3.05, 3.63) is 71.3 Å². The molecule has 1 aliphatic carbocycles.